The average Bonchev–Trinajstić information content (AvgIpc) is 2.79. The second-order valence-electron chi connectivity index (χ2n) is 7.93. The second kappa shape index (κ2) is 8.93. The Hall–Kier alpha value is -3.14. The molecule has 0 radical (unpaired) electrons. The fourth-order valence-corrected chi connectivity index (χ4v) is 4.33. The van der Waals surface area contributed by atoms with Crippen LogP contribution in [0.15, 0.2) is 42.5 Å². The van der Waals surface area contributed by atoms with Gasteiger partial charge in [0.2, 0.25) is 0 Å². The second-order valence-corrected chi connectivity index (χ2v) is 7.93. The maximum atomic E-state index is 6.25. The van der Waals surface area contributed by atoms with Crippen LogP contribution >= 0.6 is 0 Å². The van der Waals surface area contributed by atoms with Crippen molar-refractivity contribution in [2.75, 3.05) is 27.4 Å². The van der Waals surface area contributed by atoms with Crippen molar-refractivity contribution in [3.63, 3.8) is 0 Å². The predicted octanol–water partition coefficient (Wildman–Crippen LogP) is 6.38. The summed E-state index contributed by atoms with van der Waals surface area (Å²) in [6, 6.07) is 14.9. The van der Waals surface area contributed by atoms with Crippen LogP contribution < -0.4 is 18.9 Å². The standard InChI is InChI=1S/C27H30O4/c1-6-7-21-16-22(19-8-10-23(28-4)17(2)14-19)25(27-26(21)30-12-13-31-27)20-9-11-24(29-5)18(3)15-20/h8-11,14-16H,6-7,12-13H2,1-5H3. The van der Waals surface area contributed by atoms with Crippen LogP contribution in [0.4, 0.5) is 0 Å². The van der Waals surface area contributed by atoms with Crippen LogP contribution in [-0.2, 0) is 6.42 Å². The molecule has 0 atom stereocenters. The smallest absolute Gasteiger partial charge is 0.170 e. The fraction of sp³-hybridized carbons (Fsp3) is 0.333. The van der Waals surface area contributed by atoms with Gasteiger partial charge < -0.3 is 18.9 Å². The summed E-state index contributed by atoms with van der Waals surface area (Å²) < 4.78 is 23.3. The van der Waals surface area contributed by atoms with E-state index in [4.69, 9.17) is 18.9 Å². The van der Waals surface area contributed by atoms with Crippen molar-refractivity contribution in [2.45, 2.75) is 33.6 Å². The molecule has 0 spiro atoms. The first-order chi connectivity index (χ1) is 15.1. The number of methoxy groups -OCH3 is 2. The molecule has 0 aliphatic carbocycles. The van der Waals surface area contributed by atoms with E-state index < -0.39 is 0 Å². The van der Waals surface area contributed by atoms with Gasteiger partial charge in [0.05, 0.1) is 14.2 Å². The van der Waals surface area contributed by atoms with Gasteiger partial charge in [0.25, 0.3) is 0 Å². The van der Waals surface area contributed by atoms with Crippen LogP contribution in [0.1, 0.15) is 30.0 Å². The van der Waals surface area contributed by atoms with E-state index in [1.165, 1.54) is 5.56 Å². The highest BCUT2D eigenvalue weighted by molar-refractivity contribution is 5.91. The van der Waals surface area contributed by atoms with Crippen molar-refractivity contribution in [3.8, 4) is 45.3 Å². The molecule has 4 heteroatoms. The zero-order valence-corrected chi connectivity index (χ0v) is 19.0. The summed E-state index contributed by atoms with van der Waals surface area (Å²) in [5.74, 6) is 3.48. The Bertz CT molecular complexity index is 1100. The summed E-state index contributed by atoms with van der Waals surface area (Å²) in [5.41, 5.74) is 7.80. The average molecular weight is 419 g/mol. The summed E-state index contributed by atoms with van der Waals surface area (Å²) in [7, 11) is 3.41. The Kier molecular flexibility index (Phi) is 6.08. The molecular formula is C27H30O4. The fourth-order valence-electron chi connectivity index (χ4n) is 4.33. The molecule has 162 valence electrons. The van der Waals surface area contributed by atoms with Crippen LogP contribution in [0.5, 0.6) is 23.0 Å². The molecule has 0 fully saturated rings. The summed E-state index contributed by atoms with van der Waals surface area (Å²) >= 11 is 0. The Morgan fingerprint density at radius 2 is 1.35 bits per heavy atom. The number of benzene rings is 3. The van der Waals surface area contributed by atoms with Gasteiger partial charge in [-0.15, -0.1) is 0 Å². The van der Waals surface area contributed by atoms with E-state index in [-0.39, 0.29) is 0 Å². The summed E-state index contributed by atoms with van der Waals surface area (Å²) in [5, 5.41) is 0. The third-order valence-electron chi connectivity index (χ3n) is 5.80. The van der Waals surface area contributed by atoms with Crippen LogP contribution in [0.25, 0.3) is 22.3 Å². The molecule has 4 rings (SSSR count). The van der Waals surface area contributed by atoms with Crippen molar-refractivity contribution >= 4 is 0 Å². The van der Waals surface area contributed by atoms with Crippen molar-refractivity contribution in [1.29, 1.82) is 0 Å². The van der Waals surface area contributed by atoms with Gasteiger partial charge in [-0.05, 0) is 84.0 Å². The van der Waals surface area contributed by atoms with E-state index in [0.29, 0.717) is 13.2 Å². The third kappa shape index (κ3) is 3.95. The molecule has 3 aromatic rings. The molecule has 0 amide bonds. The quantitative estimate of drug-likeness (QED) is 0.465. The Labute approximate surface area is 184 Å². The first-order valence-electron chi connectivity index (χ1n) is 10.8. The maximum absolute atomic E-state index is 6.25. The Morgan fingerprint density at radius 1 is 0.774 bits per heavy atom. The van der Waals surface area contributed by atoms with Gasteiger partial charge in [-0.25, -0.2) is 0 Å². The largest absolute Gasteiger partial charge is 0.496 e. The lowest BCUT2D eigenvalue weighted by Gasteiger charge is -2.27. The maximum Gasteiger partial charge on any atom is 0.170 e. The number of hydrogen-bond acceptors (Lipinski definition) is 4. The van der Waals surface area contributed by atoms with Crippen LogP contribution in [0.2, 0.25) is 0 Å². The first kappa shape index (κ1) is 21.1. The lowest BCUT2D eigenvalue weighted by atomic mass is 9.88. The molecule has 1 aliphatic heterocycles. The Morgan fingerprint density at radius 3 is 1.94 bits per heavy atom. The van der Waals surface area contributed by atoms with Gasteiger partial charge in [-0.2, -0.15) is 0 Å². The lowest BCUT2D eigenvalue weighted by Crippen LogP contribution is -2.18. The number of ether oxygens (including phenoxy) is 4. The van der Waals surface area contributed by atoms with Crippen LogP contribution in [-0.4, -0.2) is 27.4 Å². The zero-order valence-electron chi connectivity index (χ0n) is 19.0. The molecule has 0 unspecified atom stereocenters. The van der Waals surface area contributed by atoms with Gasteiger partial charge in [-0.3, -0.25) is 0 Å². The first-order valence-corrected chi connectivity index (χ1v) is 10.8. The molecule has 0 bridgehead atoms. The highest BCUT2D eigenvalue weighted by Crippen LogP contribution is 2.49. The van der Waals surface area contributed by atoms with E-state index >= 15 is 0 Å². The van der Waals surface area contributed by atoms with Crippen molar-refractivity contribution in [2.24, 2.45) is 0 Å². The van der Waals surface area contributed by atoms with Gasteiger partial charge >= 0.3 is 0 Å². The van der Waals surface area contributed by atoms with E-state index in [9.17, 15) is 0 Å². The molecule has 0 saturated carbocycles. The minimum absolute atomic E-state index is 0.547. The molecule has 0 aromatic heterocycles. The molecule has 1 aliphatic rings. The minimum atomic E-state index is 0.547. The summed E-state index contributed by atoms with van der Waals surface area (Å²) in [4.78, 5) is 0. The monoisotopic (exact) mass is 418 g/mol. The van der Waals surface area contributed by atoms with E-state index in [1.54, 1.807) is 14.2 Å². The van der Waals surface area contributed by atoms with Gasteiger partial charge in [0, 0.05) is 5.56 Å². The van der Waals surface area contributed by atoms with Crippen LogP contribution in [0.3, 0.4) is 0 Å². The highest BCUT2D eigenvalue weighted by Gasteiger charge is 2.25. The lowest BCUT2D eigenvalue weighted by molar-refractivity contribution is 0.171. The summed E-state index contributed by atoms with van der Waals surface area (Å²) in [6.45, 7) is 7.45. The molecule has 31 heavy (non-hydrogen) atoms. The topological polar surface area (TPSA) is 36.9 Å². The Balaban J connectivity index is 2.01. The highest BCUT2D eigenvalue weighted by atomic mass is 16.6. The molecule has 3 aromatic carbocycles. The van der Waals surface area contributed by atoms with Crippen molar-refractivity contribution < 1.29 is 18.9 Å². The molecule has 0 saturated heterocycles. The third-order valence-corrected chi connectivity index (χ3v) is 5.80. The molecule has 1 heterocycles. The van der Waals surface area contributed by atoms with Crippen molar-refractivity contribution in [1.82, 2.24) is 0 Å². The number of rotatable bonds is 6. The zero-order chi connectivity index (χ0) is 22.0. The number of hydrogen-bond donors (Lipinski definition) is 0. The molecular weight excluding hydrogens is 388 g/mol. The molecule has 4 nitrogen and oxygen atoms in total. The van der Waals surface area contributed by atoms with Crippen LogP contribution in [0, 0.1) is 13.8 Å². The SMILES string of the molecule is CCCc1cc(-c2ccc(OC)c(C)c2)c(-c2ccc(OC)c(C)c2)c2c1OCCO2. The van der Waals surface area contributed by atoms with Gasteiger partial charge in [0.15, 0.2) is 11.5 Å². The minimum Gasteiger partial charge on any atom is -0.496 e. The molecule has 0 N–H and O–H groups in total. The van der Waals surface area contributed by atoms with Crippen molar-refractivity contribution in [3.05, 3.63) is 59.2 Å². The van der Waals surface area contributed by atoms with E-state index in [2.05, 4.69) is 51.1 Å². The van der Waals surface area contributed by atoms with Gasteiger partial charge in [0.1, 0.15) is 24.7 Å². The summed E-state index contributed by atoms with van der Waals surface area (Å²) in [6.07, 6.45) is 1.98. The predicted molar refractivity (Wildman–Crippen MR) is 125 cm³/mol. The van der Waals surface area contributed by atoms with E-state index in [0.717, 1.165) is 69.2 Å². The van der Waals surface area contributed by atoms with Gasteiger partial charge in [-0.1, -0.05) is 25.5 Å². The van der Waals surface area contributed by atoms with E-state index in [1.807, 2.05) is 12.1 Å². The normalized spacial score (nSPS) is 12.5. The number of fused-ring (bicyclic) bond motifs is 1. The number of aryl methyl sites for hydroxylation is 3.